The van der Waals surface area contributed by atoms with Crippen LogP contribution in [0.4, 0.5) is 0 Å². The second-order valence-corrected chi connectivity index (χ2v) is 3.92. The van der Waals surface area contributed by atoms with Gasteiger partial charge < -0.3 is 4.42 Å². The Labute approximate surface area is 76.0 Å². The molecule has 1 rings (SSSR count). The van der Waals surface area contributed by atoms with E-state index in [0.717, 1.165) is 5.56 Å². The summed E-state index contributed by atoms with van der Waals surface area (Å²) in [5, 5.41) is 0. The summed E-state index contributed by atoms with van der Waals surface area (Å²) < 4.78 is 4.40. The molecule has 0 saturated heterocycles. The molecule has 1 aromatic heterocycles. The van der Waals surface area contributed by atoms with E-state index in [4.69, 9.17) is 0 Å². The number of hydrogen-bond acceptors (Lipinski definition) is 3. The summed E-state index contributed by atoms with van der Waals surface area (Å²) in [6, 6.07) is 4.23. The Hall–Kier alpha value is -1.38. The van der Waals surface area contributed by atoms with Gasteiger partial charge in [0.05, 0.1) is 0 Å². The standard InChI is InChI=1S/C10H12O3/c1-10(2,3)7-4-5-8(11)13-9(12)6-7/h4-6H,1-3H3. The molecule has 0 aliphatic carbocycles. The normalized spacial score (nSPS) is 11.3. The van der Waals surface area contributed by atoms with Crippen LogP contribution in [0.1, 0.15) is 26.3 Å². The van der Waals surface area contributed by atoms with Crippen LogP contribution in [-0.4, -0.2) is 0 Å². The first-order valence-electron chi connectivity index (χ1n) is 4.05. The van der Waals surface area contributed by atoms with Crippen LogP contribution in [0.5, 0.6) is 0 Å². The van der Waals surface area contributed by atoms with Gasteiger partial charge in [0.25, 0.3) is 0 Å². The smallest absolute Gasteiger partial charge is 0.338 e. The molecule has 0 saturated carbocycles. The third-order valence-corrected chi connectivity index (χ3v) is 1.74. The minimum Gasteiger partial charge on any atom is -0.387 e. The van der Waals surface area contributed by atoms with Crippen LogP contribution in [0.3, 0.4) is 0 Å². The highest BCUT2D eigenvalue weighted by Gasteiger charge is 2.13. The van der Waals surface area contributed by atoms with E-state index < -0.39 is 11.3 Å². The first-order chi connectivity index (χ1) is 5.89. The van der Waals surface area contributed by atoms with Gasteiger partial charge in [-0.2, -0.15) is 0 Å². The maximum absolute atomic E-state index is 11.0. The van der Waals surface area contributed by atoms with E-state index in [1.165, 1.54) is 12.1 Å². The third-order valence-electron chi connectivity index (χ3n) is 1.74. The van der Waals surface area contributed by atoms with Gasteiger partial charge in [-0.15, -0.1) is 0 Å². The fourth-order valence-electron chi connectivity index (χ4n) is 0.962. The van der Waals surface area contributed by atoms with Gasteiger partial charge in [0.15, 0.2) is 0 Å². The molecule has 0 aromatic carbocycles. The number of rotatable bonds is 0. The highest BCUT2D eigenvalue weighted by atomic mass is 16.4. The molecule has 0 aliphatic heterocycles. The van der Waals surface area contributed by atoms with E-state index in [9.17, 15) is 9.59 Å². The summed E-state index contributed by atoms with van der Waals surface area (Å²) in [5.74, 6) is 0. The maximum atomic E-state index is 11.0. The molecule has 0 aliphatic rings. The first-order valence-corrected chi connectivity index (χ1v) is 4.05. The lowest BCUT2D eigenvalue weighted by Crippen LogP contribution is -2.12. The molecule has 0 atom stereocenters. The summed E-state index contributed by atoms with van der Waals surface area (Å²) in [7, 11) is 0. The Morgan fingerprint density at radius 1 is 1.08 bits per heavy atom. The number of hydrogen-bond donors (Lipinski definition) is 0. The molecule has 0 bridgehead atoms. The van der Waals surface area contributed by atoms with Crippen molar-refractivity contribution in [1.29, 1.82) is 0 Å². The van der Waals surface area contributed by atoms with Gasteiger partial charge in [-0.05, 0) is 11.0 Å². The average molecular weight is 180 g/mol. The predicted octanol–water partition coefficient (Wildman–Crippen LogP) is 1.30. The SMILES string of the molecule is CC(C)(C)c1ccc(=O)oc(=O)c1. The molecule has 70 valence electrons. The third kappa shape index (κ3) is 2.54. The monoisotopic (exact) mass is 180 g/mol. The minimum absolute atomic E-state index is 0.153. The van der Waals surface area contributed by atoms with Crippen molar-refractivity contribution in [1.82, 2.24) is 0 Å². The van der Waals surface area contributed by atoms with Gasteiger partial charge in [-0.1, -0.05) is 26.8 Å². The first kappa shape index (κ1) is 9.71. The van der Waals surface area contributed by atoms with Crippen LogP contribution < -0.4 is 11.3 Å². The lowest BCUT2D eigenvalue weighted by molar-refractivity contribution is 0.478. The molecular formula is C10H12O3. The van der Waals surface area contributed by atoms with Gasteiger partial charge in [0, 0.05) is 12.1 Å². The van der Waals surface area contributed by atoms with Crippen LogP contribution in [-0.2, 0) is 5.41 Å². The second-order valence-electron chi connectivity index (χ2n) is 3.92. The summed E-state index contributed by atoms with van der Waals surface area (Å²) in [4.78, 5) is 21.8. The molecule has 0 spiro atoms. The maximum Gasteiger partial charge on any atom is 0.338 e. The largest absolute Gasteiger partial charge is 0.387 e. The lowest BCUT2D eigenvalue weighted by Gasteiger charge is -2.16. The molecule has 0 amide bonds. The van der Waals surface area contributed by atoms with Crippen LogP contribution in [0, 0.1) is 0 Å². The molecule has 0 unspecified atom stereocenters. The Kier molecular flexibility index (Phi) is 2.36. The Bertz CT molecular complexity index is 410. The minimum atomic E-state index is -0.611. The van der Waals surface area contributed by atoms with Gasteiger partial charge in [-0.25, -0.2) is 9.59 Å². The van der Waals surface area contributed by atoms with Crippen molar-refractivity contribution in [3.05, 3.63) is 44.6 Å². The van der Waals surface area contributed by atoms with Crippen molar-refractivity contribution in [3.8, 4) is 0 Å². The average Bonchev–Trinajstić information content (AvgIpc) is 2.09. The quantitative estimate of drug-likeness (QED) is 0.604. The van der Waals surface area contributed by atoms with Crippen LogP contribution >= 0.6 is 0 Å². The van der Waals surface area contributed by atoms with Crippen molar-refractivity contribution in [2.45, 2.75) is 26.2 Å². The van der Waals surface area contributed by atoms with E-state index in [1.807, 2.05) is 20.8 Å². The highest BCUT2D eigenvalue weighted by Crippen LogP contribution is 2.18. The van der Waals surface area contributed by atoms with E-state index in [-0.39, 0.29) is 5.41 Å². The van der Waals surface area contributed by atoms with Gasteiger partial charge in [0.1, 0.15) is 0 Å². The zero-order valence-electron chi connectivity index (χ0n) is 7.96. The van der Waals surface area contributed by atoms with Gasteiger partial charge in [0.2, 0.25) is 0 Å². The summed E-state index contributed by atoms with van der Waals surface area (Å²) in [6.07, 6.45) is 0. The molecule has 1 aromatic rings. The van der Waals surface area contributed by atoms with E-state index in [2.05, 4.69) is 4.42 Å². The zero-order chi connectivity index (χ0) is 10.1. The van der Waals surface area contributed by atoms with E-state index in [1.54, 1.807) is 6.07 Å². The van der Waals surface area contributed by atoms with Crippen LogP contribution in [0.25, 0.3) is 0 Å². The van der Waals surface area contributed by atoms with Gasteiger partial charge >= 0.3 is 11.3 Å². The Balaban J connectivity index is 3.46. The van der Waals surface area contributed by atoms with E-state index >= 15 is 0 Å². The molecule has 0 fully saturated rings. The van der Waals surface area contributed by atoms with E-state index in [0.29, 0.717) is 0 Å². The molecule has 3 nitrogen and oxygen atoms in total. The predicted molar refractivity (Wildman–Crippen MR) is 49.9 cm³/mol. The van der Waals surface area contributed by atoms with Crippen molar-refractivity contribution in [2.24, 2.45) is 0 Å². The fraction of sp³-hybridized carbons (Fsp3) is 0.400. The molecule has 0 radical (unpaired) electrons. The molecule has 0 N–H and O–H groups in total. The summed E-state index contributed by atoms with van der Waals surface area (Å²) in [6.45, 7) is 5.89. The Morgan fingerprint density at radius 3 is 2.23 bits per heavy atom. The van der Waals surface area contributed by atoms with Crippen molar-refractivity contribution >= 4 is 0 Å². The van der Waals surface area contributed by atoms with Crippen molar-refractivity contribution in [2.75, 3.05) is 0 Å². The zero-order valence-corrected chi connectivity index (χ0v) is 7.96. The fourth-order valence-corrected chi connectivity index (χ4v) is 0.962. The van der Waals surface area contributed by atoms with Crippen molar-refractivity contribution < 1.29 is 4.42 Å². The molecule has 13 heavy (non-hydrogen) atoms. The summed E-state index contributed by atoms with van der Waals surface area (Å²) in [5.41, 5.74) is -0.566. The van der Waals surface area contributed by atoms with Crippen LogP contribution in [0.2, 0.25) is 0 Å². The molecule has 1 heterocycles. The molecular weight excluding hydrogens is 168 g/mol. The highest BCUT2D eigenvalue weighted by molar-refractivity contribution is 5.18. The van der Waals surface area contributed by atoms with Crippen LogP contribution in [0.15, 0.2) is 32.2 Å². The van der Waals surface area contributed by atoms with Crippen molar-refractivity contribution in [3.63, 3.8) is 0 Å². The van der Waals surface area contributed by atoms with Gasteiger partial charge in [-0.3, -0.25) is 0 Å². The molecule has 3 heteroatoms. The summed E-state index contributed by atoms with van der Waals surface area (Å²) >= 11 is 0. The Morgan fingerprint density at radius 2 is 1.69 bits per heavy atom. The topological polar surface area (TPSA) is 47.3 Å². The lowest BCUT2D eigenvalue weighted by atomic mass is 9.88. The second kappa shape index (κ2) is 3.17.